The zero-order valence-corrected chi connectivity index (χ0v) is 42.7. The van der Waals surface area contributed by atoms with Gasteiger partial charge in [-0.3, -0.25) is 0 Å². The molecule has 0 N–H and O–H groups in total. The smallest absolute Gasteiger partial charge is 0.264 e. The van der Waals surface area contributed by atoms with E-state index in [1.165, 1.54) is 113 Å². The molecule has 8 aromatic carbocycles. The van der Waals surface area contributed by atoms with Crippen LogP contribution < -0.4 is 25.5 Å². The van der Waals surface area contributed by atoms with Crippen LogP contribution in [0.1, 0.15) is 84.6 Å². The molecule has 3 aromatic heterocycles. The Morgan fingerprint density at radius 2 is 1.13 bits per heavy atom. The van der Waals surface area contributed by atoms with Crippen LogP contribution in [0.15, 0.2) is 146 Å². The van der Waals surface area contributed by atoms with E-state index in [4.69, 9.17) is 0 Å². The van der Waals surface area contributed by atoms with E-state index in [1.807, 2.05) is 22.7 Å². The first-order valence-electron chi connectivity index (χ1n) is 24.6. The summed E-state index contributed by atoms with van der Waals surface area (Å²) < 4.78 is 7.73. The van der Waals surface area contributed by atoms with Gasteiger partial charge in [-0.2, -0.15) is 5.26 Å². The van der Waals surface area contributed by atoms with Crippen LogP contribution in [0, 0.1) is 11.3 Å². The lowest BCUT2D eigenvalue weighted by Crippen LogP contribution is -2.61. The van der Waals surface area contributed by atoms with Crippen LogP contribution in [0.5, 0.6) is 0 Å². The van der Waals surface area contributed by atoms with Gasteiger partial charge in [0.2, 0.25) is 0 Å². The predicted molar refractivity (Wildman–Crippen MR) is 303 cm³/mol. The second-order valence-electron chi connectivity index (χ2n) is 23.0. The molecule has 0 spiro atoms. The first kappa shape index (κ1) is 41.8. The van der Waals surface area contributed by atoms with Gasteiger partial charge in [-0.05, 0) is 134 Å². The number of aromatic nitrogens is 1. The number of hydrogen-bond acceptors (Lipinski definition) is 5. The number of thiophene rings is 2. The number of hydrogen-bond donors (Lipinski definition) is 0. The summed E-state index contributed by atoms with van der Waals surface area (Å²) >= 11 is 3.78. The lowest BCUT2D eigenvalue weighted by atomic mass is 9.35. The first-order chi connectivity index (χ1) is 33.5. The SMILES string of the molecule is CC(C)(C)c1cc2c3c(c1)-n1c4ccc(C(C)(C)C)cc4c4cc(C(C)(C)C)cc(c41)N3c1cc(C#N)cc3c1B2c1sc2ccc(-c4ccccc4)cc2c1N3c1ccc2sc3ccccc3c2c1. The molecule has 0 radical (unpaired) electrons. The van der Waals surface area contributed by atoms with Crippen molar-refractivity contribution < 1.29 is 0 Å². The van der Waals surface area contributed by atoms with Gasteiger partial charge in [0, 0.05) is 62.9 Å². The number of nitriles is 1. The number of anilines is 6. The maximum atomic E-state index is 11.2. The van der Waals surface area contributed by atoms with E-state index in [2.05, 4.69) is 228 Å². The lowest BCUT2D eigenvalue weighted by molar-refractivity contribution is 0.590. The zero-order chi connectivity index (χ0) is 47.9. The number of fused-ring (bicyclic) bond motifs is 14. The first-order valence-corrected chi connectivity index (χ1v) is 26.2. The molecule has 338 valence electrons. The minimum Gasteiger partial charge on any atom is -0.310 e. The predicted octanol–water partition coefficient (Wildman–Crippen LogP) is 16.2. The Labute approximate surface area is 417 Å². The van der Waals surface area contributed by atoms with Crippen molar-refractivity contribution in [3.63, 3.8) is 0 Å². The van der Waals surface area contributed by atoms with Crippen LogP contribution in [0.3, 0.4) is 0 Å². The van der Waals surface area contributed by atoms with E-state index >= 15 is 0 Å². The molecule has 3 aliphatic rings. The molecular weight excluding hydrogens is 888 g/mol. The molecule has 0 fully saturated rings. The van der Waals surface area contributed by atoms with E-state index in [-0.39, 0.29) is 23.0 Å². The normalized spacial score (nSPS) is 14.0. The fraction of sp³-hybridized carbons (Fsp3) is 0.190. The Kier molecular flexibility index (Phi) is 8.39. The van der Waals surface area contributed by atoms with Crippen molar-refractivity contribution >= 4 is 131 Å². The summed E-state index contributed by atoms with van der Waals surface area (Å²) in [5, 5.41) is 17.5. The molecule has 3 aliphatic heterocycles. The second-order valence-corrected chi connectivity index (χ2v) is 25.1. The molecule has 0 amide bonds. The molecule has 0 bridgehead atoms. The molecule has 0 saturated heterocycles. The third kappa shape index (κ3) is 5.75. The minimum atomic E-state index is -0.144. The third-order valence-electron chi connectivity index (χ3n) is 15.5. The van der Waals surface area contributed by atoms with Crippen molar-refractivity contribution in [3.05, 3.63) is 168 Å². The highest BCUT2D eigenvalue weighted by atomic mass is 32.1. The molecule has 11 aromatic rings. The Morgan fingerprint density at radius 3 is 1.89 bits per heavy atom. The van der Waals surface area contributed by atoms with Crippen molar-refractivity contribution in [2.75, 3.05) is 9.80 Å². The van der Waals surface area contributed by atoms with Crippen molar-refractivity contribution in [3.8, 4) is 22.9 Å². The Morgan fingerprint density at radius 1 is 0.471 bits per heavy atom. The van der Waals surface area contributed by atoms with Crippen molar-refractivity contribution in [1.29, 1.82) is 5.26 Å². The maximum absolute atomic E-state index is 11.2. The van der Waals surface area contributed by atoms with E-state index in [0.717, 1.165) is 22.7 Å². The maximum Gasteiger partial charge on any atom is 0.264 e. The van der Waals surface area contributed by atoms with Crippen LogP contribution in [0.4, 0.5) is 34.1 Å². The van der Waals surface area contributed by atoms with Gasteiger partial charge in [-0.15, -0.1) is 22.7 Å². The summed E-state index contributed by atoms with van der Waals surface area (Å²) in [6.07, 6.45) is 0. The molecule has 6 heterocycles. The molecule has 0 unspecified atom stereocenters. The molecule has 4 nitrogen and oxygen atoms in total. The highest BCUT2D eigenvalue weighted by Gasteiger charge is 2.49. The number of nitrogens with zero attached hydrogens (tertiary/aromatic N) is 4. The summed E-state index contributed by atoms with van der Waals surface area (Å²) in [5.41, 5.74) is 19.7. The number of benzene rings is 8. The van der Waals surface area contributed by atoms with Gasteiger partial charge in [0.1, 0.15) is 0 Å². The van der Waals surface area contributed by atoms with Crippen LogP contribution in [-0.4, -0.2) is 11.3 Å². The van der Waals surface area contributed by atoms with E-state index in [0.29, 0.717) is 5.56 Å². The third-order valence-corrected chi connectivity index (χ3v) is 17.9. The Hall–Kier alpha value is -7.11. The molecule has 0 saturated carbocycles. The van der Waals surface area contributed by atoms with Crippen LogP contribution in [0.2, 0.25) is 0 Å². The average molecular weight is 939 g/mol. The molecular formula is C63H51BN4S2. The molecule has 0 aliphatic carbocycles. The van der Waals surface area contributed by atoms with Gasteiger partial charge in [0.25, 0.3) is 6.71 Å². The van der Waals surface area contributed by atoms with Gasteiger partial charge in [0.15, 0.2) is 0 Å². The van der Waals surface area contributed by atoms with E-state index in [9.17, 15) is 5.26 Å². The highest BCUT2D eigenvalue weighted by Crippen LogP contribution is 2.56. The molecule has 7 heteroatoms. The monoisotopic (exact) mass is 938 g/mol. The number of rotatable bonds is 2. The van der Waals surface area contributed by atoms with Gasteiger partial charge in [-0.1, -0.05) is 129 Å². The van der Waals surface area contributed by atoms with E-state index < -0.39 is 0 Å². The Bertz CT molecular complexity index is 4160. The quantitative estimate of drug-likeness (QED) is 0.162. The topological polar surface area (TPSA) is 35.2 Å². The van der Waals surface area contributed by atoms with Gasteiger partial charge >= 0.3 is 0 Å². The molecule has 0 atom stereocenters. The average Bonchev–Trinajstić information content (AvgIpc) is 4.02. The van der Waals surface area contributed by atoms with Crippen molar-refractivity contribution in [1.82, 2.24) is 4.57 Å². The molecule has 14 rings (SSSR count). The van der Waals surface area contributed by atoms with Gasteiger partial charge in [-0.25, -0.2) is 0 Å². The van der Waals surface area contributed by atoms with Crippen LogP contribution in [0.25, 0.3) is 68.9 Å². The Balaban J connectivity index is 1.16. The summed E-state index contributed by atoms with van der Waals surface area (Å²) in [7, 11) is 0. The molecule has 70 heavy (non-hydrogen) atoms. The van der Waals surface area contributed by atoms with Crippen LogP contribution in [-0.2, 0) is 16.2 Å². The fourth-order valence-electron chi connectivity index (χ4n) is 11.9. The minimum absolute atomic E-state index is 0.0189. The lowest BCUT2D eigenvalue weighted by Gasteiger charge is -2.46. The van der Waals surface area contributed by atoms with Crippen LogP contribution >= 0.6 is 22.7 Å². The summed E-state index contributed by atoms with van der Waals surface area (Å²) in [5.74, 6) is 0. The van der Waals surface area contributed by atoms with Gasteiger partial charge < -0.3 is 14.4 Å². The summed E-state index contributed by atoms with van der Waals surface area (Å²) in [6.45, 7) is 20.9. The van der Waals surface area contributed by atoms with E-state index in [1.54, 1.807) is 0 Å². The zero-order valence-electron chi connectivity index (χ0n) is 41.0. The second kappa shape index (κ2) is 14.0. The van der Waals surface area contributed by atoms with Gasteiger partial charge in [0.05, 0.1) is 45.4 Å². The van der Waals surface area contributed by atoms with Crippen molar-refractivity contribution in [2.24, 2.45) is 0 Å². The largest absolute Gasteiger partial charge is 0.310 e. The highest BCUT2D eigenvalue weighted by molar-refractivity contribution is 7.33. The summed E-state index contributed by atoms with van der Waals surface area (Å²) in [4.78, 5) is 5.11. The summed E-state index contributed by atoms with van der Waals surface area (Å²) in [6, 6.07) is 57.9. The standard InChI is InChI=1S/C63H51BN4S2/c1-61(2,3)38-20-22-48-43(28-38)45-29-39(62(4,5)6)31-51-57(45)67(48)52-32-40(63(7,8)9)30-47-59(52)68(51)50-26-35(34-65)25-49-56(50)64(47)60-58(46-27-37(19-23-55(46)70-60)36-15-11-10-12-16-36)66(49)41-21-24-54-44(33-41)42-17-13-14-18-53(42)69-54/h10-33H,1-9H3. The van der Waals surface area contributed by atoms with Crippen molar-refractivity contribution in [2.45, 2.75) is 78.6 Å². The fourth-order valence-corrected chi connectivity index (χ4v) is 14.3.